The van der Waals surface area contributed by atoms with E-state index < -0.39 is 0 Å². The average Bonchev–Trinajstić information content (AvgIpc) is 2.79. The number of aromatic nitrogens is 1. The first kappa shape index (κ1) is 14.5. The van der Waals surface area contributed by atoms with Crippen molar-refractivity contribution in [1.82, 2.24) is 4.98 Å². The van der Waals surface area contributed by atoms with Gasteiger partial charge in [0.2, 0.25) is 0 Å². The molecule has 0 aliphatic heterocycles. The first-order chi connectivity index (χ1) is 8.04. The SMILES string of the molecule is CC(C)(N)CNc1ccc(-c2cnco2)cc1.Cl. The maximum atomic E-state index is 5.90. The zero-order valence-electron chi connectivity index (χ0n) is 10.5. The molecule has 18 heavy (non-hydrogen) atoms. The van der Waals surface area contributed by atoms with Gasteiger partial charge in [-0.1, -0.05) is 0 Å². The van der Waals surface area contributed by atoms with Crippen LogP contribution < -0.4 is 11.1 Å². The minimum Gasteiger partial charge on any atom is -0.444 e. The molecule has 98 valence electrons. The van der Waals surface area contributed by atoms with Gasteiger partial charge < -0.3 is 15.5 Å². The number of halogens is 1. The lowest BCUT2D eigenvalue weighted by molar-refractivity contribution is 0.549. The van der Waals surface area contributed by atoms with Crippen molar-refractivity contribution in [3.8, 4) is 11.3 Å². The van der Waals surface area contributed by atoms with Crippen LogP contribution in [0.5, 0.6) is 0 Å². The van der Waals surface area contributed by atoms with Crippen LogP contribution in [0.25, 0.3) is 11.3 Å². The Labute approximate surface area is 113 Å². The Kier molecular flexibility index (Phi) is 4.76. The second-order valence-electron chi connectivity index (χ2n) is 4.79. The molecular formula is C13H18ClN3O. The lowest BCUT2D eigenvalue weighted by Crippen LogP contribution is -2.39. The summed E-state index contributed by atoms with van der Waals surface area (Å²) >= 11 is 0. The molecule has 1 aromatic heterocycles. The number of rotatable bonds is 4. The third-order valence-corrected chi connectivity index (χ3v) is 2.35. The van der Waals surface area contributed by atoms with Crippen molar-refractivity contribution in [3.05, 3.63) is 36.9 Å². The number of nitrogens with zero attached hydrogens (tertiary/aromatic N) is 1. The molecule has 5 heteroatoms. The first-order valence-corrected chi connectivity index (χ1v) is 5.56. The molecule has 2 rings (SSSR count). The first-order valence-electron chi connectivity index (χ1n) is 5.56. The second kappa shape index (κ2) is 5.89. The standard InChI is InChI=1S/C13H17N3O.ClH/c1-13(2,14)8-16-11-5-3-10(4-6-11)12-7-15-9-17-12;/h3-7,9,16H,8,14H2,1-2H3;1H. The maximum absolute atomic E-state index is 5.90. The van der Waals surface area contributed by atoms with Crippen molar-refractivity contribution >= 4 is 18.1 Å². The predicted octanol–water partition coefficient (Wildman–Crippen LogP) is 2.91. The summed E-state index contributed by atoms with van der Waals surface area (Å²) in [7, 11) is 0. The van der Waals surface area contributed by atoms with Crippen molar-refractivity contribution in [2.24, 2.45) is 5.73 Å². The summed E-state index contributed by atoms with van der Waals surface area (Å²) in [5.74, 6) is 0.774. The van der Waals surface area contributed by atoms with Gasteiger partial charge >= 0.3 is 0 Å². The Bertz CT molecular complexity index is 460. The van der Waals surface area contributed by atoms with Gasteiger partial charge in [0, 0.05) is 23.3 Å². The smallest absolute Gasteiger partial charge is 0.181 e. The zero-order valence-corrected chi connectivity index (χ0v) is 11.3. The molecule has 1 heterocycles. The van der Waals surface area contributed by atoms with Crippen molar-refractivity contribution in [1.29, 1.82) is 0 Å². The molecule has 0 fully saturated rings. The van der Waals surface area contributed by atoms with Crippen LogP contribution in [0.4, 0.5) is 5.69 Å². The molecule has 0 amide bonds. The Hall–Kier alpha value is -1.52. The highest BCUT2D eigenvalue weighted by atomic mass is 35.5. The highest BCUT2D eigenvalue weighted by Crippen LogP contribution is 2.20. The number of anilines is 1. The van der Waals surface area contributed by atoms with E-state index in [9.17, 15) is 0 Å². The van der Waals surface area contributed by atoms with E-state index in [-0.39, 0.29) is 17.9 Å². The second-order valence-corrected chi connectivity index (χ2v) is 4.79. The van der Waals surface area contributed by atoms with E-state index in [1.165, 1.54) is 6.39 Å². The number of hydrogen-bond donors (Lipinski definition) is 2. The van der Waals surface area contributed by atoms with Gasteiger partial charge in [-0.15, -0.1) is 12.4 Å². The van der Waals surface area contributed by atoms with E-state index in [1.54, 1.807) is 6.20 Å². The minimum atomic E-state index is -0.219. The number of nitrogens with one attached hydrogen (secondary N) is 1. The zero-order chi connectivity index (χ0) is 12.3. The van der Waals surface area contributed by atoms with Gasteiger partial charge in [0.05, 0.1) is 6.20 Å². The van der Waals surface area contributed by atoms with Crippen LogP contribution in [-0.4, -0.2) is 17.1 Å². The lowest BCUT2D eigenvalue weighted by atomic mass is 10.1. The average molecular weight is 268 g/mol. The normalized spacial score (nSPS) is 10.8. The number of nitrogens with two attached hydrogens (primary N) is 1. The largest absolute Gasteiger partial charge is 0.444 e. The quantitative estimate of drug-likeness (QED) is 0.894. The molecule has 1 aromatic carbocycles. The monoisotopic (exact) mass is 267 g/mol. The molecule has 0 radical (unpaired) electrons. The summed E-state index contributed by atoms with van der Waals surface area (Å²) in [6.45, 7) is 4.71. The van der Waals surface area contributed by atoms with E-state index in [0.29, 0.717) is 0 Å². The van der Waals surface area contributed by atoms with Gasteiger partial charge in [-0.05, 0) is 38.1 Å². The highest BCUT2D eigenvalue weighted by Gasteiger charge is 2.09. The highest BCUT2D eigenvalue weighted by molar-refractivity contribution is 5.85. The van der Waals surface area contributed by atoms with Crippen LogP contribution in [0.1, 0.15) is 13.8 Å². The van der Waals surface area contributed by atoms with Crippen molar-refractivity contribution in [2.45, 2.75) is 19.4 Å². The molecule has 0 aliphatic carbocycles. The van der Waals surface area contributed by atoms with Crippen LogP contribution in [0.3, 0.4) is 0 Å². The van der Waals surface area contributed by atoms with Crippen LogP contribution in [0, 0.1) is 0 Å². The summed E-state index contributed by atoms with van der Waals surface area (Å²) in [5, 5.41) is 3.29. The van der Waals surface area contributed by atoms with E-state index >= 15 is 0 Å². The number of oxazole rings is 1. The van der Waals surface area contributed by atoms with Crippen LogP contribution in [0.15, 0.2) is 41.3 Å². The molecule has 4 nitrogen and oxygen atoms in total. The molecule has 0 saturated heterocycles. The van der Waals surface area contributed by atoms with E-state index in [1.807, 2.05) is 38.1 Å². The summed E-state index contributed by atoms with van der Waals surface area (Å²) in [4.78, 5) is 3.89. The fraction of sp³-hybridized carbons (Fsp3) is 0.308. The third kappa shape index (κ3) is 4.05. The van der Waals surface area contributed by atoms with Crippen LogP contribution in [-0.2, 0) is 0 Å². The molecule has 0 unspecified atom stereocenters. The fourth-order valence-corrected chi connectivity index (χ4v) is 1.44. The molecule has 3 N–H and O–H groups in total. The predicted molar refractivity (Wildman–Crippen MR) is 75.9 cm³/mol. The topological polar surface area (TPSA) is 64.1 Å². The van der Waals surface area contributed by atoms with E-state index in [0.717, 1.165) is 23.6 Å². The Morgan fingerprint density at radius 1 is 1.28 bits per heavy atom. The molecule has 0 saturated carbocycles. The summed E-state index contributed by atoms with van der Waals surface area (Å²) in [6, 6.07) is 7.99. The molecule has 0 atom stereocenters. The molecule has 0 bridgehead atoms. The van der Waals surface area contributed by atoms with Gasteiger partial charge in [-0.25, -0.2) is 4.98 Å². The molecule has 0 spiro atoms. The van der Waals surface area contributed by atoms with Crippen molar-refractivity contribution < 1.29 is 4.42 Å². The van der Waals surface area contributed by atoms with Gasteiger partial charge in [0.15, 0.2) is 12.2 Å². The van der Waals surface area contributed by atoms with Gasteiger partial charge in [-0.3, -0.25) is 0 Å². The summed E-state index contributed by atoms with van der Waals surface area (Å²) in [5.41, 5.74) is 7.75. The van der Waals surface area contributed by atoms with Crippen molar-refractivity contribution in [3.63, 3.8) is 0 Å². The van der Waals surface area contributed by atoms with Crippen LogP contribution in [0.2, 0.25) is 0 Å². The lowest BCUT2D eigenvalue weighted by Gasteiger charge is -2.19. The Morgan fingerprint density at radius 2 is 1.94 bits per heavy atom. The van der Waals surface area contributed by atoms with E-state index in [4.69, 9.17) is 10.2 Å². The van der Waals surface area contributed by atoms with E-state index in [2.05, 4.69) is 10.3 Å². The Balaban J connectivity index is 0.00000162. The molecule has 2 aromatic rings. The summed E-state index contributed by atoms with van der Waals surface area (Å²) < 4.78 is 5.22. The van der Waals surface area contributed by atoms with Gasteiger partial charge in [0.1, 0.15) is 0 Å². The molecular weight excluding hydrogens is 250 g/mol. The maximum Gasteiger partial charge on any atom is 0.181 e. The fourth-order valence-electron chi connectivity index (χ4n) is 1.44. The number of benzene rings is 1. The Morgan fingerprint density at radius 3 is 2.44 bits per heavy atom. The van der Waals surface area contributed by atoms with Crippen molar-refractivity contribution in [2.75, 3.05) is 11.9 Å². The van der Waals surface area contributed by atoms with Gasteiger partial charge in [0.25, 0.3) is 0 Å². The molecule has 0 aliphatic rings. The third-order valence-electron chi connectivity index (χ3n) is 2.35. The van der Waals surface area contributed by atoms with Crippen LogP contribution >= 0.6 is 12.4 Å². The summed E-state index contributed by atoms with van der Waals surface area (Å²) in [6.07, 6.45) is 3.13. The minimum absolute atomic E-state index is 0. The van der Waals surface area contributed by atoms with Gasteiger partial charge in [-0.2, -0.15) is 0 Å². The number of hydrogen-bond acceptors (Lipinski definition) is 4.